The predicted molar refractivity (Wildman–Crippen MR) is 93.2 cm³/mol. The van der Waals surface area contributed by atoms with Crippen molar-refractivity contribution in [2.24, 2.45) is 0 Å². The molecule has 0 aliphatic carbocycles. The van der Waals surface area contributed by atoms with E-state index in [-0.39, 0.29) is 11.6 Å². The number of hydrogen-bond acceptors (Lipinski definition) is 6. The number of nitrogens with one attached hydrogen (secondary N) is 1. The third-order valence-electron chi connectivity index (χ3n) is 3.50. The maximum atomic E-state index is 12.6. The zero-order valence-electron chi connectivity index (χ0n) is 14.4. The molecule has 0 saturated carbocycles. The molecular formula is C17H12ClF3N4O4. The number of nitrogens with zero attached hydrogens (tertiary/aromatic N) is 3. The second-order valence-electron chi connectivity index (χ2n) is 5.65. The molecule has 3 aromatic rings. The van der Waals surface area contributed by atoms with E-state index < -0.39 is 35.2 Å². The first kappa shape index (κ1) is 20.4. The summed E-state index contributed by atoms with van der Waals surface area (Å²) in [5.74, 6) is -1.69. The van der Waals surface area contributed by atoms with Gasteiger partial charge in [-0.2, -0.15) is 18.3 Å². The summed E-state index contributed by atoms with van der Waals surface area (Å²) in [6.07, 6.45) is -0.786. The van der Waals surface area contributed by atoms with Crippen LogP contribution in [-0.4, -0.2) is 33.2 Å². The van der Waals surface area contributed by atoms with Crippen molar-refractivity contribution < 1.29 is 31.9 Å². The molecule has 0 spiro atoms. The lowest BCUT2D eigenvalue weighted by Crippen LogP contribution is -2.21. The topological polar surface area (TPSA) is 99.3 Å². The van der Waals surface area contributed by atoms with Crippen LogP contribution < -0.4 is 5.32 Å². The number of esters is 1. The normalized spacial score (nSPS) is 11.3. The molecule has 1 N–H and O–H groups in total. The number of ether oxygens (including phenoxy) is 1. The molecule has 0 saturated heterocycles. The number of carbonyl (C=O) groups excluding carboxylic acids is 2. The van der Waals surface area contributed by atoms with Gasteiger partial charge in [0, 0.05) is 18.6 Å². The van der Waals surface area contributed by atoms with Crippen LogP contribution in [-0.2, 0) is 22.3 Å². The minimum atomic E-state index is -4.62. The maximum Gasteiger partial charge on any atom is 0.417 e. The van der Waals surface area contributed by atoms with Crippen molar-refractivity contribution in [3.05, 3.63) is 65.0 Å². The van der Waals surface area contributed by atoms with Gasteiger partial charge in [-0.3, -0.25) is 9.48 Å². The van der Waals surface area contributed by atoms with Crippen molar-refractivity contribution in [2.75, 3.05) is 11.9 Å². The number of amides is 1. The van der Waals surface area contributed by atoms with Crippen LogP contribution in [0.4, 0.5) is 19.0 Å². The molecule has 0 unspecified atom stereocenters. The third-order valence-corrected chi connectivity index (χ3v) is 3.79. The molecule has 29 heavy (non-hydrogen) atoms. The first-order valence-corrected chi connectivity index (χ1v) is 8.36. The molecule has 0 atom stereocenters. The van der Waals surface area contributed by atoms with Crippen LogP contribution in [0, 0.1) is 0 Å². The Morgan fingerprint density at radius 2 is 2.10 bits per heavy atom. The molecule has 0 radical (unpaired) electrons. The number of furan rings is 1. The molecule has 12 heteroatoms. The fourth-order valence-electron chi connectivity index (χ4n) is 2.18. The standard InChI is InChI=1S/C17H12ClF3N4O4/c18-12-6-10(17(19,20)21)7-22-15(12)24-14(26)9-28-16(27)13-3-2-11(29-13)8-25-5-1-4-23-25/h1-7H,8-9H2,(H,22,24,26). The minimum Gasteiger partial charge on any atom is -0.452 e. The summed E-state index contributed by atoms with van der Waals surface area (Å²) in [4.78, 5) is 27.3. The van der Waals surface area contributed by atoms with Crippen molar-refractivity contribution >= 4 is 29.3 Å². The second kappa shape index (κ2) is 8.35. The van der Waals surface area contributed by atoms with Gasteiger partial charge in [-0.1, -0.05) is 11.6 Å². The number of rotatable bonds is 6. The molecule has 0 aliphatic heterocycles. The quantitative estimate of drug-likeness (QED) is 0.604. The van der Waals surface area contributed by atoms with Gasteiger partial charge < -0.3 is 14.5 Å². The van der Waals surface area contributed by atoms with Gasteiger partial charge >= 0.3 is 12.1 Å². The molecule has 0 fully saturated rings. The van der Waals surface area contributed by atoms with Gasteiger partial charge in [-0.25, -0.2) is 9.78 Å². The monoisotopic (exact) mass is 428 g/mol. The molecule has 0 aromatic carbocycles. The largest absolute Gasteiger partial charge is 0.452 e. The van der Waals surface area contributed by atoms with Crippen molar-refractivity contribution in [3.8, 4) is 0 Å². The van der Waals surface area contributed by atoms with E-state index >= 15 is 0 Å². The number of aromatic nitrogens is 3. The van der Waals surface area contributed by atoms with Crippen LogP contribution in [0.2, 0.25) is 5.02 Å². The van der Waals surface area contributed by atoms with E-state index in [1.54, 1.807) is 29.2 Å². The Kier molecular flexibility index (Phi) is 5.87. The fourth-order valence-corrected chi connectivity index (χ4v) is 2.40. The van der Waals surface area contributed by atoms with Crippen LogP contribution in [0.25, 0.3) is 0 Å². The van der Waals surface area contributed by atoms with Gasteiger partial charge in [-0.15, -0.1) is 0 Å². The highest BCUT2D eigenvalue weighted by Gasteiger charge is 2.31. The molecule has 3 rings (SSSR count). The highest BCUT2D eigenvalue weighted by Crippen LogP contribution is 2.32. The van der Waals surface area contributed by atoms with Crippen LogP contribution >= 0.6 is 11.6 Å². The average molecular weight is 429 g/mol. The van der Waals surface area contributed by atoms with Crippen LogP contribution in [0.5, 0.6) is 0 Å². The van der Waals surface area contributed by atoms with E-state index in [0.29, 0.717) is 24.6 Å². The summed E-state index contributed by atoms with van der Waals surface area (Å²) >= 11 is 5.69. The zero-order chi connectivity index (χ0) is 21.0. The van der Waals surface area contributed by atoms with E-state index in [1.165, 1.54) is 6.07 Å². The number of hydrogen-bond donors (Lipinski definition) is 1. The summed E-state index contributed by atoms with van der Waals surface area (Å²) in [7, 11) is 0. The highest BCUT2D eigenvalue weighted by molar-refractivity contribution is 6.33. The van der Waals surface area contributed by atoms with Crippen molar-refractivity contribution in [3.63, 3.8) is 0 Å². The summed E-state index contributed by atoms with van der Waals surface area (Å²) in [6, 6.07) is 5.30. The molecule has 3 heterocycles. The predicted octanol–water partition coefficient (Wildman–Crippen LogP) is 3.39. The van der Waals surface area contributed by atoms with E-state index in [9.17, 15) is 22.8 Å². The Bertz CT molecular complexity index is 1020. The van der Waals surface area contributed by atoms with E-state index in [2.05, 4.69) is 15.4 Å². The molecular weight excluding hydrogens is 417 g/mol. The number of halogens is 4. The Hall–Kier alpha value is -3.34. The average Bonchev–Trinajstić information content (AvgIpc) is 3.33. The molecule has 0 bridgehead atoms. The lowest BCUT2D eigenvalue weighted by Gasteiger charge is -2.10. The van der Waals surface area contributed by atoms with Crippen molar-refractivity contribution in [1.82, 2.24) is 14.8 Å². The summed E-state index contributed by atoms with van der Waals surface area (Å²) in [5, 5.41) is 5.75. The smallest absolute Gasteiger partial charge is 0.417 e. The van der Waals surface area contributed by atoms with E-state index in [4.69, 9.17) is 20.8 Å². The minimum absolute atomic E-state index is 0.120. The van der Waals surface area contributed by atoms with E-state index in [1.807, 2.05) is 0 Å². The van der Waals surface area contributed by atoms with Crippen molar-refractivity contribution in [1.29, 1.82) is 0 Å². The molecule has 8 nitrogen and oxygen atoms in total. The summed E-state index contributed by atoms with van der Waals surface area (Å²) in [5.41, 5.74) is -1.06. The number of carbonyl (C=O) groups is 2. The Labute approximate surface area is 166 Å². The van der Waals surface area contributed by atoms with Gasteiger partial charge in [0.15, 0.2) is 12.4 Å². The van der Waals surface area contributed by atoms with E-state index in [0.717, 1.165) is 0 Å². The second-order valence-corrected chi connectivity index (χ2v) is 6.05. The van der Waals surface area contributed by atoms with Gasteiger partial charge in [0.25, 0.3) is 5.91 Å². The first-order valence-electron chi connectivity index (χ1n) is 7.98. The van der Waals surface area contributed by atoms with Crippen molar-refractivity contribution in [2.45, 2.75) is 12.7 Å². The van der Waals surface area contributed by atoms with Gasteiger partial charge in [0.2, 0.25) is 5.76 Å². The Balaban J connectivity index is 1.53. The highest BCUT2D eigenvalue weighted by atomic mass is 35.5. The van der Waals surface area contributed by atoms with Gasteiger partial charge in [-0.05, 0) is 24.3 Å². The third kappa shape index (κ3) is 5.35. The Morgan fingerprint density at radius 1 is 1.31 bits per heavy atom. The Morgan fingerprint density at radius 3 is 2.76 bits per heavy atom. The lowest BCUT2D eigenvalue weighted by atomic mass is 10.3. The maximum absolute atomic E-state index is 12.6. The van der Waals surface area contributed by atoms with Crippen LogP contribution in [0.15, 0.2) is 47.3 Å². The summed E-state index contributed by atoms with van der Waals surface area (Å²) in [6.45, 7) is -0.411. The number of pyridine rings is 1. The molecule has 152 valence electrons. The number of anilines is 1. The fraction of sp³-hybridized carbons (Fsp3) is 0.176. The molecule has 3 aromatic heterocycles. The zero-order valence-corrected chi connectivity index (χ0v) is 15.2. The van der Waals surface area contributed by atoms with Crippen LogP contribution in [0.1, 0.15) is 21.9 Å². The van der Waals surface area contributed by atoms with Gasteiger partial charge in [0.05, 0.1) is 17.1 Å². The lowest BCUT2D eigenvalue weighted by molar-refractivity contribution is -0.137. The summed E-state index contributed by atoms with van der Waals surface area (Å²) < 4.78 is 49.5. The molecule has 0 aliphatic rings. The van der Waals surface area contributed by atoms with Crippen LogP contribution in [0.3, 0.4) is 0 Å². The number of alkyl halides is 3. The first-order chi connectivity index (χ1) is 13.7. The van der Waals surface area contributed by atoms with Gasteiger partial charge in [0.1, 0.15) is 5.76 Å². The molecule has 1 amide bonds. The SMILES string of the molecule is O=C(COC(=O)c1ccc(Cn2cccn2)o1)Nc1ncc(C(F)(F)F)cc1Cl.